The highest BCUT2D eigenvalue weighted by atomic mass is 35.5. The molecule has 0 unspecified atom stereocenters. The van der Waals surface area contributed by atoms with Gasteiger partial charge in [-0.1, -0.05) is 0 Å². The minimum Gasteiger partial charge on any atom is -0.378 e. The predicted molar refractivity (Wildman–Crippen MR) is 80.1 cm³/mol. The van der Waals surface area contributed by atoms with Crippen molar-refractivity contribution in [1.82, 2.24) is 4.90 Å². The van der Waals surface area contributed by atoms with E-state index in [2.05, 4.69) is 0 Å². The number of likely N-dealkylation sites (tertiary alicyclic amines) is 1. The lowest BCUT2D eigenvalue weighted by Crippen LogP contribution is -2.40. The predicted octanol–water partition coefficient (Wildman–Crippen LogP) is 2.14. The molecule has 1 amide bonds. The van der Waals surface area contributed by atoms with Gasteiger partial charge >= 0.3 is 0 Å². The third kappa shape index (κ3) is 4.76. The fraction of sp³-hybridized carbons (Fsp3) is 0.615. The molecular formula is C13H21ClN2O2S. The standard InChI is InChI=1S/C13H20N2O2S.ClH/c14-5-1-8-17-12-2-6-15(7-3-12)13(16)11-4-9-18-10-11;/h4,9-10,12H,1-3,5-8,14H2;1H. The molecule has 1 fully saturated rings. The molecule has 0 aromatic carbocycles. The number of thiophene rings is 1. The number of nitrogens with zero attached hydrogens (tertiary/aromatic N) is 1. The van der Waals surface area contributed by atoms with Crippen molar-refractivity contribution in [2.75, 3.05) is 26.2 Å². The zero-order valence-electron chi connectivity index (χ0n) is 10.9. The number of amides is 1. The van der Waals surface area contributed by atoms with Crippen LogP contribution in [0.1, 0.15) is 29.6 Å². The van der Waals surface area contributed by atoms with Crippen LogP contribution in [-0.4, -0.2) is 43.2 Å². The van der Waals surface area contributed by atoms with Crippen molar-refractivity contribution in [1.29, 1.82) is 0 Å². The van der Waals surface area contributed by atoms with E-state index in [1.807, 2.05) is 21.7 Å². The Morgan fingerprint density at radius 1 is 1.47 bits per heavy atom. The average molecular weight is 305 g/mol. The Balaban J connectivity index is 0.00000180. The fourth-order valence-electron chi connectivity index (χ4n) is 2.13. The molecule has 108 valence electrons. The van der Waals surface area contributed by atoms with Crippen LogP contribution in [0.15, 0.2) is 16.8 Å². The van der Waals surface area contributed by atoms with Crippen LogP contribution in [0, 0.1) is 0 Å². The third-order valence-electron chi connectivity index (χ3n) is 3.20. The van der Waals surface area contributed by atoms with Gasteiger partial charge in [0.2, 0.25) is 0 Å². The van der Waals surface area contributed by atoms with Gasteiger partial charge in [0.05, 0.1) is 11.7 Å². The van der Waals surface area contributed by atoms with Gasteiger partial charge in [0.15, 0.2) is 0 Å². The molecule has 0 aliphatic carbocycles. The summed E-state index contributed by atoms with van der Waals surface area (Å²) in [7, 11) is 0. The first kappa shape index (κ1) is 16.4. The van der Waals surface area contributed by atoms with Crippen LogP contribution in [0.2, 0.25) is 0 Å². The van der Waals surface area contributed by atoms with Gasteiger partial charge in [-0.3, -0.25) is 4.79 Å². The summed E-state index contributed by atoms with van der Waals surface area (Å²) in [6, 6.07) is 1.89. The number of hydrogen-bond donors (Lipinski definition) is 1. The zero-order valence-corrected chi connectivity index (χ0v) is 12.5. The topological polar surface area (TPSA) is 55.6 Å². The van der Waals surface area contributed by atoms with Gasteiger partial charge in [0.25, 0.3) is 5.91 Å². The highest BCUT2D eigenvalue weighted by molar-refractivity contribution is 7.08. The maximum atomic E-state index is 12.1. The van der Waals surface area contributed by atoms with Gasteiger partial charge in [-0.2, -0.15) is 11.3 Å². The van der Waals surface area contributed by atoms with Crippen LogP contribution in [0.25, 0.3) is 0 Å². The minimum absolute atomic E-state index is 0. The van der Waals surface area contributed by atoms with Crippen molar-refractivity contribution in [3.05, 3.63) is 22.4 Å². The molecule has 1 aromatic rings. The summed E-state index contributed by atoms with van der Waals surface area (Å²) in [4.78, 5) is 14.0. The zero-order chi connectivity index (χ0) is 12.8. The molecule has 2 N–H and O–H groups in total. The summed E-state index contributed by atoms with van der Waals surface area (Å²) in [6.45, 7) is 3.00. The normalized spacial score (nSPS) is 16.2. The van der Waals surface area contributed by atoms with Crippen LogP contribution in [0.3, 0.4) is 0 Å². The lowest BCUT2D eigenvalue weighted by Gasteiger charge is -2.31. The first-order chi connectivity index (χ1) is 8.81. The molecular weight excluding hydrogens is 284 g/mol. The summed E-state index contributed by atoms with van der Waals surface area (Å²) < 4.78 is 5.73. The van der Waals surface area contributed by atoms with Gasteiger partial charge in [-0.15, -0.1) is 12.4 Å². The highest BCUT2D eigenvalue weighted by Gasteiger charge is 2.23. The molecule has 0 bridgehead atoms. The third-order valence-corrected chi connectivity index (χ3v) is 3.88. The quantitative estimate of drug-likeness (QED) is 0.848. The Morgan fingerprint density at radius 3 is 2.79 bits per heavy atom. The Labute approximate surface area is 124 Å². The second kappa shape index (κ2) is 8.53. The van der Waals surface area contributed by atoms with Gasteiger partial charge in [-0.05, 0) is 37.3 Å². The molecule has 0 atom stereocenters. The van der Waals surface area contributed by atoms with Crippen LogP contribution < -0.4 is 5.73 Å². The van der Waals surface area contributed by atoms with Gasteiger partial charge in [0, 0.05) is 25.1 Å². The highest BCUT2D eigenvalue weighted by Crippen LogP contribution is 2.17. The summed E-state index contributed by atoms with van der Waals surface area (Å²) in [5.41, 5.74) is 6.24. The van der Waals surface area contributed by atoms with E-state index in [0.717, 1.165) is 44.5 Å². The summed E-state index contributed by atoms with van der Waals surface area (Å²) in [5, 5.41) is 3.85. The molecule has 1 aromatic heterocycles. The SMILES string of the molecule is Cl.NCCCOC1CCN(C(=O)c2ccsc2)CC1. The van der Waals surface area contributed by atoms with E-state index in [1.165, 1.54) is 0 Å². The van der Waals surface area contributed by atoms with Crippen molar-refractivity contribution in [2.45, 2.75) is 25.4 Å². The lowest BCUT2D eigenvalue weighted by atomic mass is 10.1. The average Bonchev–Trinajstić information content (AvgIpc) is 2.93. The van der Waals surface area contributed by atoms with Crippen molar-refractivity contribution in [3.8, 4) is 0 Å². The van der Waals surface area contributed by atoms with Crippen molar-refractivity contribution >= 4 is 29.7 Å². The van der Waals surface area contributed by atoms with E-state index in [4.69, 9.17) is 10.5 Å². The van der Waals surface area contributed by atoms with Gasteiger partial charge < -0.3 is 15.4 Å². The van der Waals surface area contributed by atoms with E-state index in [1.54, 1.807) is 11.3 Å². The van der Waals surface area contributed by atoms with E-state index in [9.17, 15) is 4.79 Å². The van der Waals surface area contributed by atoms with E-state index >= 15 is 0 Å². The molecule has 4 nitrogen and oxygen atoms in total. The summed E-state index contributed by atoms with van der Waals surface area (Å²) >= 11 is 1.56. The van der Waals surface area contributed by atoms with E-state index in [0.29, 0.717) is 12.6 Å². The molecule has 0 saturated carbocycles. The lowest BCUT2D eigenvalue weighted by molar-refractivity contribution is 0.00846. The molecule has 1 aliphatic rings. The number of carbonyl (C=O) groups excluding carboxylic acids is 1. The number of nitrogens with two attached hydrogens (primary N) is 1. The molecule has 2 heterocycles. The Kier molecular flexibility index (Phi) is 7.38. The smallest absolute Gasteiger partial charge is 0.254 e. The minimum atomic E-state index is 0. The molecule has 1 aliphatic heterocycles. The first-order valence-electron chi connectivity index (χ1n) is 6.44. The summed E-state index contributed by atoms with van der Waals surface area (Å²) in [5.74, 6) is 0.150. The molecule has 6 heteroatoms. The van der Waals surface area contributed by atoms with Crippen LogP contribution in [0.5, 0.6) is 0 Å². The van der Waals surface area contributed by atoms with Gasteiger partial charge in [0.1, 0.15) is 0 Å². The largest absolute Gasteiger partial charge is 0.378 e. The summed E-state index contributed by atoms with van der Waals surface area (Å²) in [6.07, 6.45) is 3.07. The number of carbonyl (C=O) groups is 1. The number of hydrogen-bond acceptors (Lipinski definition) is 4. The Morgan fingerprint density at radius 2 is 2.21 bits per heavy atom. The van der Waals surface area contributed by atoms with Crippen molar-refractivity contribution in [3.63, 3.8) is 0 Å². The van der Waals surface area contributed by atoms with Crippen LogP contribution >= 0.6 is 23.7 Å². The molecule has 2 rings (SSSR count). The fourth-order valence-corrected chi connectivity index (χ4v) is 2.76. The van der Waals surface area contributed by atoms with Crippen LogP contribution in [-0.2, 0) is 4.74 Å². The van der Waals surface area contributed by atoms with E-state index < -0.39 is 0 Å². The van der Waals surface area contributed by atoms with E-state index in [-0.39, 0.29) is 18.3 Å². The number of rotatable bonds is 5. The Hall–Kier alpha value is -0.620. The number of piperidine rings is 1. The maximum Gasteiger partial charge on any atom is 0.254 e. The monoisotopic (exact) mass is 304 g/mol. The number of ether oxygens (including phenoxy) is 1. The second-order valence-electron chi connectivity index (χ2n) is 4.52. The molecule has 1 saturated heterocycles. The number of halogens is 1. The second-order valence-corrected chi connectivity index (χ2v) is 5.30. The first-order valence-corrected chi connectivity index (χ1v) is 7.38. The molecule has 0 radical (unpaired) electrons. The molecule has 19 heavy (non-hydrogen) atoms. The Bertz CT molecular complexity index is 365. The maximum absolute atomic E-state index is 12.1. The van der Waals surface area contributed by atoms with Crippen molar-refractivity contribution < 1.29 is 9.53 Å². The van der Waals surface area contributed by atoms with Crippen LogP contribution in [0.4, 0.5) is 0 Å². The van der Waals surface area contributed by atoms with Crippen molar-refractivity contribution in [2.24, 2.45) is 5.73 Å². The van der Waals surface area contributed by atoms with Gasteiger partial charge in [-0.25, -0.2) is 0 Å². The molecule has 0 spiro atoms.